The topological polar surface area (TPSA) is 72.8 Å². The molecule has 0 amide bonds. The summed E-state index contributed by atoms with van der Waals surface area (Å²) in [7, 11) is 2.88. The van der Waals surface area contributed by atoms with Gasteiger partial charge in [-0.15, -0.1) is 0 Å². The van der Waals surface area contributed by atoms with Crippen molar-refractivity contribution in [3.63, 3.8) is 0 Å². The van der Waals surface area contributed by atoms with E-state index >= 15 is 0 Å². The normalized spacial score (nSPS) is 9.76. The quantitative estimate of drug-likeness (QED) is 0.761. The monoisotopic (exact) mass is 238 g/mol. The molecule has 1 aromatic carbocycles. The lowest BCUT2D eigenvalue weighted by molar-refractivity contribution is -0.107. The summed E-state index contributed by atoms with van der Waals surface area (Å²) < 4.78 is 10.1. The van der Waals surface area contributed by atoms with E-state index in [1.807, 2.05) is 0 Å². The van der Waals surface area contributed by atoms with Crippen molar-refractivity contribution in [3.05, 3.63) is 23.3 Å². The molecule has 0 fully saturated rings. The van der Waals surface area contributed by atoms with Crippen molar-refractivity contribution in [1.82, 2.24) is 0 Å². The Morgan fingerprint density at radius 1 is 1.29 bits per heavy atom. The molecule has 0 saturated carbocycles. The first-order chi connectivity index (χ1) is 8.13. The molecule has 0 aliphatic carbocycles. The fourth-order valence-electron chi connectivity index (χ4n) is 1.54. The molecule has 0 bridgehead atoms. The predicted octanol–water partition coefficient (Wildman–Crippen LogP) is 1.53. The van der Waals surface area contributed by atoms with Crippen LogP contribution in [-0.2, 0) is 11.2 Å². The van der Waals surface area contributed by atoms with E-state index < -0.39 is 5.97 Å². The first-order valence-corrected chi connectivity index (χ1v) is 5.05. The first kappa shape index (κ1) is 13.0. The number of rotatable bonds is 6. The summed E-state index contributed by atoms with van der Waals surface area (Å²) in [5.74, 6) is -0.310. The number of carbonyl (C=O) groups excluding carboxylic acids is 1. The molecule has 0 aliphatic heterocycles. The number of carbonyl (C=O) groups is 2. The Labute approximate surface area is 99.0 Å². The zero-order valence-corrected chi connectivity index (χ0v) is 9.73. The summed E-state index contributed by atoms with van der Waals surface area (Å²) in [6.45, 7) is 0. The minimum atomic E-state index is -1.07. The van der Waals surface area contributed by atoms with Crippen molar-refractivity contribution in [3.8, 4) is 11.5 Å². The second-order valence-corrected chi connectivity index (χ2v) is 3.37. The van der Waals surface area contributed by atoms with Crippen LogP contribution in [0.2, 0.25) is 0 Å². The summed E-state index contributed by atoms with van der Waals surface area (Å²) in [5.41, 5.74) is 0.743. The van der Waals surface area contributed by atoms with Gasteiger partial charge in [0.1, 0.15) is 23.3 Å². The number of ether oxygens (including phenoxy) is 2. The van der Waals surface area contributed by atoms with E-state index in [0.717, 1.165) is 6.29 Å². The van der Waals surface area contributed by atoms with E-state index in [0.29, 0.717) is 24.2 Å². The van der Waals surface area contributed by atoms with E-state index in [2.05, 4.69) is 0 Å². The summed E-state index contributed by atoms with van der Waals surface area (Å²) >= 11 is 0. The number of aromatic carboxylic acids is 1. The zero-order chi connectivity index (χ0) is 12.8. The Hall–Kier alpha value is -2.04. The number of carboxylic acid groups (broad SMARTS) is 1. The molecule has 92 valence electrons. The number of aryl methyl sites for hydroxylation is 1. The standard InChI is InChI=1S/C12H14O5/c1-16-10-7-11(17-2)9(12(14)15)6-8(10)4-3-5-13/h5-7H,3-4H2,1-2H3,(H,14,15). The number of carboxylic acids is 1. The van der Waals surface area contributed by atoms with Crippen LogP contribution in [-0.4, -0.2) is 31.6 Å². The van der Waals surface area contributed by atoms with Crippen molar-refractivity contribution in [2.75, 3.05) is 14.2 Å². The molecule has 5 heteroatoms. The molecule has 1 aromatic rings. The highest BCUT2D eigenvalue weighted by atomic mass is 16.5. The van der Waals surface area contributed by atoms with Gasteiger partial charge in [-0.2, -0.15) is 0 Å². The Balaban J connectivity index is 3.23. The van der Waals surface area contributed by atoms with Crippen molar-refractivity contribution in [2.45, 2.75) is 12.8 Å². The molecule has 0 spiro atoms. The number of aldehydes is 1. The van der Waals surface area contributed by atoms with Gasteiger partial charge in [0.25, 0.3) is 0 Å². The molecule has 0 atom stereocenters. The number of methoxy groups -OCH3 is 2. The lowest BCUT2D eigenvalue weighted by atomic mass is 10.0. The highest BCUT2D eigenvalue weighted by Crippen LogP contribution is 2.29. The first-order valence-electron chi connectivity index (χ1n) is 5.05. The molecule has 1 N–H and O–H groups in total. The largest absolute Gasteiger partial charge is 0.496 e. The van der Waals surface area contributed by atoms with Crippen LogP contribution in [0.4, 0.5) is 0 Å². The predicted molar refractivity (Wildman–Crippen MR) is 60.9 cm³/mol. The molecule has 0 radical (unpaired) electrons. The van der Waals surface area contributed by atoms with Gasteiger partial charge < -0.3 is 19.4 Å². The van der Waals surface area contributed by atoms with Crippen LogP contribution < -0.4 is 9.47 Å². The van der Waals surface area contributed by atoms with Crippen LogP contribution >= 0.6 is 0 Å². The highest BCUT2D eigenvalue weighted by molar-refractivity contribution is 5.91. The highest BCUT2D eigenvalue weighted by Gasteiger charge is 2.15. The van der Waals surface area contributed by atoms with Gasteiger partial charge in [0, 0.05) is 12.5 Å². The number of hydrogen-bond donors (Lipinski definition) is 1. The summed E-state index contributed by atoms with van der Waals surface area (Å²) in [6.07, 6.45) is 1.54. The van der Waals surface area contributed by atoms with Gasteiger partial charge in [-0.25, -0.2) is 4.79 Å². The lowest BCUT2D eigenvalue weighted by Gasteiger charge is -2.12. The molecule has 0 heterocycles. The second kappa shape index (κ2) is 5.89. The molecule has 0 saturated heterocycles. The van der Waals surface area contributed by atoms with Gasteiger partial charge in [-0.05, 0) is 18.1 Å². The average molecular weight is 238 g/mol. The van der Waals surface area contributed by atoms with E-state index in [-0.39, 0.29) is 11.3 Å². The Morgan fingerprint density at radius 2 is 1.94 bits per heavy atom. The van der Waals surface area contributed by atoms with E-state index in [1.54, 1.807) is 0 Å². The van der Waals surface area contributed by atoms with Gasteiger partial charge in [-0.1, -0.05) is 0 Å². The van der Waals surface area contributed by atoms with Gasteiger partial charge in [0.15, 0.2) is 0 Å². The van der Waals surface area contributed by atoms with Crippen molar-refractivity contribution >= 4 is 12.3 Å². The van der Waals surface area contributed by atoms with Crippen LogP contribution in [0.5, 0.6) is 11.5 Å². The molecule has 0 aliphatic rings. The fraction of sp³-hybridized carbons (Fsp3) is 0.333. The minimum Gasteiger partial charge on any atom is -0.496 e. The molecule has 0 aromatic heterocycles. The molecule has 5 nitrogen and oxygen atoms in total. The number of benzene rings is 1. The third-order valence-corrected chi connectivity index (χ3v) is 2.36. The second-order valence-electron chi connectivity index (χ2n) is 3.37. The van der Waals surface area contributed by atoms with E-state index in [1.165, 1.54) is 26.4 Å². The van der Waals surface area contributed by atoms with Gasteiger partial charge in [0.2, 0.25) is 0 Å². The maximum absolute atomic E-state index is 11.0. The van der Waals surface area contributed by atoms with Crippen LogP contribution in [0.3, 0.4) is 0 Å². The Kier molecular flexibility index (Phi) is 4.51. The van der Waals surface area contributed by atoms with Crippen LogP contribution in [0.1, 0.15) is 22.3 Å². The lowest BCUT2D eigenvalue weighted by Crippen LogP contribution is -2.04. The van der Waals surface area contributed by atoms with Crippen molar-refractivity contribution in [2.24, 2.45) is 0 Å². The SMILES string of the molecule is COc1cc(OC)c(C(=O)O)cc1CCC=O. The maximum atomic E-state index is 11.0. The third-order valence-electron chi connectivity index (χ3n) is 2.36. The van der Waals surface area contributed by atoms with Crippen molar-refractivity contribution < 1.29 is 24.2 Å². The molecule has 17 heavy (non-hydrogen) atoms. The summed E-state index contributed by atoms with van der Waals surface area (Å²) in [5, 5.41) is 9.02. The van der Waals surface area contributed by atoms with E-state index in [9.17, 15) is 9.59 Å². The van der Waals surface area contributed by atoms with Gasteiger partial charge >= 0.3 is 5.97 Å². The summed E-state index contributed by atoms with van der Waals surface area (Å²) in [6, 6.07) is 2.99. The fourth-order valence-corrected chi connectivity index (χ4v) is 1.54. The Bertz CT molecular complexity index is 425. The van der Waals surface area contributed by atoms with Gasteiger partial charge in [0.05, 0.1) is 14.2 Å². The molecular weight excluding hydrogens is 224 g/mol. The zero-order valence-electron chi connectivity index (χ0n) is 9.73. The van der Waals surface area contributed by atoms with E-state index in [4.69, 9.17) is 14.6 Å². The number of hydrogen-bond acceptors (Lipinski definition) is 4. The van der Waals surface area contributed by atoms with Crippen molar-refractivity contribution in [1.29, 1.82) is 0 Å². The smallest absolute Gasteiger partial charge is 0.339 e. The molecular formula is C12H14O5. The van der Waals surface area contributed by atoms with Crippen LogP contribution in [0.15, 0.2) is 12.1 Å². The van der Waals surface area contributed by atoms with Gasteiger partial charge in [-0.3, -0.25) is 0 Å². The summed E-state index contributed by atoms with van der Waals surface area (Å²) in [4.78, 5) is 21.4. The average Bonchev–Trinajstić information content (AvgIpc) is 2.34. The van der Waals surface area contributed by atoms with Crippen LogP contribution in [0, 0.1) is 0 Å². The molecule has 0 unspecified atom stereocenters. The third kappa shape index (κ3) is 2.96. The maximum Gasteiger partial charge on any atom is 0.339 e. The van der Waals surface area contributed by atoms with Crippen LogP contribution in [0.25, 0.3) is 0 Å². The molecule has 1 rings (SSSR count). The minimum absolute atomic E-state index is 0.0641. The Morgan fingerprint density at radius 3 is 2.41 bits per heavy atom.